The molecule has 0 atom stereocenters. The third kappa shape index (κ3) is 3.65. The zero-order valence-corrected chi connectivity index (χ0v) is 13.3. The molecule has 1 N–H and O–H groups in total. The summed E-state index contributed by atoms with van der Waals surface area (Å²) in [5.74, 6) is -0.227. The van der Waals surface area contributed by atoms with E-state index in [4.69, 9.17) is 0 Å². The molecule has 8 heteroatoms. The van der Waals surface area contributed by atoms with E-state index in [1.54, 1.807) is 14.1 Å². The Morgan fingerprint density at radius 1 is 1.43 bits per heavy atom. The molecule has 0 radical (unpaired) electrons. The second-order valence-corrected chi connectivity index (χ2v) is 5.17. The standard InChI is InChI=1S/C15H19N5O3/c1-4-11-7-5-6-8-12(11)17-13(21)9-18(2)15-14(20(22)23)16-10-19(15)3/h5-8,10H,4,9H2,1-3H3,(H,17,21). The van der Waals surface area contributed by atoms with E-state index in [9.17, 15) is 14.9 Å². The van der Waals surface area contributed by atoms with Crippen LogP contribution in [0.4, 0.5) is 17.3 Å². The number of hydrogen-bond acceptors (Lipinski definition) is 5. The topological polar surface area (TPSA) is 93.3 Å². The molecule has 2 rings (SSSR count). The molecule has 0 aliphatic rings. The van der Waals surface area contributed by atoms with Gasteiger partial charge in [0.05, 0.1) is 6.54 Å². The van der Waals surface area contributed by atoms with Gasteiger partial charge >= 0.3 is 5.82 Å². The highest BCUT2D eigenvalue weighted by molar-refractivity contribution is 5.94. The molecule has 8 nitrogen and oxygen atoms in total. The summed E-state index contributed by atoms with van der Waals surface area (Å²) in [6.07, 6.45) is 2.16. The molecule has 2 aromatic rings. The molecule has 0 aliphatic heterocycles. The summed E-state index contributed by atoms with van der Waals surface area (Å²) in [6, 6.07) is 7.55. The van der Waals surface area contributed by atoms with Crippen molar-refractivity contribution in [2.24, 2.45) is 7.05 Å². The number of nitrogens with one attached hydrogen (secondary N) is 1. The Morgan fingerprint density at radius 2 is 2.13 bits per heavy atom. The van der Waals surface area contributed by atoms with E-state index in [1.807, 2.05) is 31.2 Å². The van der Waals surface area contributed by atoms with Gasteiger partial charge in [-0.3, -0.25) is 9.36 Å². The Labute approximate surface area is 133 Å². The average molecular weight is 317 g/mol. The van der Waals surface area contributed by atoms with Gasteiger partial charge in [-0.15, -0.1) is 0 Å². The van der Waals surface area contributed by atoms with Crippen molar-refractivity contribution < 1.29 is 9.72 Å². The minimum atomic E-state index is -0.559. The van der Waals surface area contributed by atoms with E-state index < -0.39 is 4.92 Å². The number of amides is 1. The van der Waals surface area contributed by atoms with Crippen molar-refractivity contribution in [1.82, 2.24) is 9.55 Å². The van der Waals surface area contributed by atoms with Crippen LogP contribution < -0.4 is 10.2 Å². The van der Waals surface area contributed by atoms with Gasteiger partial charge in [0, 0.05) is 19.8 Å². The van der Waals surface area contributed by atoms with Gasteiger partial charge in [-0.1, -0.05) is 25.1 Å². The number of nitrogens with zero attached hydrogens (tertiary/aromatic N) is 4. The molecule has 1 heterocycles. The van der Waals surface area contributed by atoms with Crippen molar-refractivity contribution in [2.45, 2.75) is 13.3 Å². The SMILES string of the molecule is CCc1ccccc1NC(=O)CN(C)c1c([N+](=O)[O-])ncn1C. The number of carbonyl (C=O) groups excluding carboxylic acids is 1. The molecule has 0 saturated heterocycles. The summed E-state index contributed by atoms with van der Waals surface area (Å²) in [5.41, 5.74) is 1.79. The van der Waals surface area contributed by atoms with Crippen molar-refractivity contribution in [3.8, 4) is 0 Å². The molecule has 0 spiro atoms. The lowest BCUT2D eigenvalue weighted by molar-refractivity contribution is -0.388. The van der Waals surface area contributed by atoms with Crippen molar-refractivity contribution >= 4 is 23.2 Å². The number of hydrogen-bond donors (Lipinski definition) is 1. The first-order valence-corrected chi connectivity index (χ1v) is 7.18. The number of benzene rings is 1. The lowest BCUT2D eigenvalue weighted by Gasteiger charge is -2.18. The van der Waals surface area contributed by atoms with Crippen LogP contribution in [0.1, 0.15) is 12.5 Å². The fourth-order valence-electron chi connectivity index (χ4n) is 2.41. The quantitative estimate of drug-likeness (QED) is 0.649. The van der Waals surface area contributed by atoms with Crippen molar-refractivity contribution in [1.29, 1.82) is 0 Å². The molecule has 0 bridgehead atoms. The van der Waals surface area contributed by atoms with E-state index in [1.165, 1.54) is 15.8 Å². The number of nitro groups is 1. The molecule has 1 aromatic carbocycles. The number of rotatable bonds is 6. The summed E-state index contributed by atoms with van der Waals surface area (Å²) < 4.78 is 1.52. The minimum absolute atomic E-state index is 0.0155. The molecule has 0 unspecified atom stereocenters. The monoisotopic (exact) mass is 317 g/mol. The van der Waals surface area contributed by atoms with Gasteiger partial charge < -0.3 is 20.3 Å². The third-order valence-corrected chi connectivity index (χ3v) is 3.47. The van der Waals surface area contributed by atoms with Gasteiger partial charge in [0.1, 0.15) is 0 Å². The smallest absolute Gasteiger partial charge is 0.358 e. The fraction of sp³-hybridized carbons (Fsp3) is 0.333. The number of para-hydroxylation sites is 1. The van der Waals surface area contributed by atoms with Crippen LogP contribution in [0.3, 0.4) is 0 Å². The second kappa shape index (κ2) is 6.91. The number of imidazole rings is 1. The fourth-order valence-corrected chi connectivity index (χ4v) is 2.41. The summed E-state index contributed by atoms with van der Waals surface area (Å²) >= 11 is 0. The van der Waals surface area contributed by atoms with Crippen LogP contribution in [0.2, 0.25) is 0 Å². The van der Waals surface area contributed by atoms with Crippen molar-refractivity contribution in [3.05, 3.63) is 46.3 Å². The first-order valence-electron chi connectivity index (χ1n) is 7.18. The third-order valence-electron chi connectivity index (χ3n) is 3.47. The van der Waals surface area contributed by atoms with Crippen LogP contribution in [0, 0.1) is 10.1 Å². The highest BCUT2D eigenvalue weighted by Gasteiger charge is 2.24. The number of aromatic nitrogens is 2. The van der Waals surface area contributed by atoms with Crippen LogP contribution in [0.25, 0.3) is 0 Å². The highest BCUT2D eigenvalue weighted by atomic mass is 16.6. The molecule has 0 saturated carbocycles. The lowest BCUT2D eigenvalue weighted by Crippen LogP contribution is -2.31. The van der Waals surface area contributed by atoms with Crippen LogP contribution in [-0.4, -0.2) is 34.0 Å². The second-order valence-electron chi connectivity index (χ2n) is 5.17. The van der Waals surface area contributed by atoms with E-state index in [0.29, 0.717) is 0 Å². The zero-order valence-electron chi connectivity index (χ0n) is 13.3. The van der Waals surface area contributed by atoms with Crippen LogP contribution in [0.5, 0.6) is 0 Å². The van der Waals surface area contributed by atoms with E-state index >= 15 is 0 Å². The Morgan fingerprint density at radius 3 is 2.78 bits per heavy atom. The first kappa shape index (κ1) is 16.5. The molecule has 0 aliphatic carbocycles. The Bertz CT molecular complexity index is 726. The van der Waals surface area contributed by atoms with Gasteiger partial charge in [-0.2, -0.15) is 0 Å². The molecule has 23 heavy (non-hydrogen) atoms. The molecule has 1 aromatic heterocycles. The predicted molar refractivity (Wildman–Crippen MR) is 87.6 cm³/mol. The van der Waals surface area contributed by atoms with E-state index in [0.717, 1.165) is 17.7 Å². The predicted octanol–water partition coefficient (Wildman–Crippen LogP) is 1.97. The van der Waals surface area contributed by atoms with E-state index in [-0.39, 0.29) is 24.1 Å². The highest BCUT2D eigenvalue weighted by Crippen LogP contribution is 2.24. The molecule has 1 amide bonds. The van der Waals surface area contributed by atoms with Crippen molar-refractivity contribution in [3.63, 3.8) is 0 Å². The van der Waals surface area contributed by atoms with Crippen molar-refractivity contribution in [2.75, 3.05) is 23.8 Å². The average Bonchev–Trinajstić information content (AvgIpc) is 2.89. The largest absolute Gasteiger partial charge is 0.406 e. The zero-order chi connectivity index (χ0) is 17.0. The van der Waals surface area contributed by atoms with Crippen LogP contribution in [0.15, 0.2) is 30.6 Å². The van der Waals surface area contributed by atoms with Gasteiger partial charge in [-0.25, -0.2) is 0 Å². The maximum Gasteiger partial charge on any atom is 0.406 e. The maximum atomic E-state index is 12.2. The van der Waals surface area contributed by atoms with Gasteiger partial charge in [-0.05, 0) is 28.0 Å². The molecular formula is C15H19N5O3. The first-order chi connectivity index (χ1) is 10.9. The molecule has 0 fully saturated rings. The minimum Gasteiger partial charge on any atom is -0.358 e. The number of likely N-dealkylation sites (N-methyl/N-ethyl adjacent to an activating group) is 1. The van der Waals surface area contributed by atoms with Gasteiger partial charge in [0.15, 0.2) is 0 Å². The normalized spacial score (nSPS) is 10.4. The Balaban J connectivity index is 2.11. The van der Waals surface area contributed by atoms with Gasteiger partial charge in [0.25, 0.3) is 0 Å². The summed E-state index contributed by atoms with van der Waals surface area (Å²) in [5, 5.41) is 13.8. The number of anilines is 2. The van der Waals surface area contributed by atoms with E-state index in [2.05, 4.69) is 10.3 Å². The lowest BCUT2D eigenvalue weighted by atomic mass is 10.1. The summed E-state index contributed by atoms with van der Waals surface area (Å²) in [6.45, 7) is 1.99. The summed E-state index contributed by atoms with van der Waals surface area (Å²) in [7, 11) is 3.27. The maximum absolute atomic E-state index is 12.2. The van der Waals surface area contributed by atoms with Crippen LogP contribution in [-0.2, 0) is 18.3 Å². The van der Waals surface area contributed by atoms with Gasteiger partial charge in [0.2, 0.25) is 18.1 Å². The van der Waals surface area contributed by atoms with Crippen LogP contribution >= 0.6 is 0 Å². The molecule has 122 valence electrons. The summed E-state index contributed by atoms with van der Waals surface area (Å²) in [4.78, 5) is 27.9. The Hall–Kier alpha value is -2.90. The molecular weight excluding hydrogens is 298 g/mol. The number of carbonyl (C=O) groups is 1. The Kier molecular flexibility index (Phi) is 4.95. The number of aryl methyl sites for hydroxylation is 2.